The number of rotatable bonds is 7. The van der Waals surface area contributed by atoms with Crippen molar-refractivity contribution < 1.29 is 14.3 Å². The zero-order chi connectivity index (χ0) is 24.0. The minimum atomic E-state index is -0.467. The Morgan fingerprint density at radius 2 is 1.73 bits per heavy atom. The Morgan fingerprint density at radius 1 is 1.06 bits per heavy atom. The zero-order valence-corrected chi connectivity index (χ0v) is 20.8. The van der Waals surface area contributed by atoms with Gasteiger partial charge in [0.1, 0.15) is 5.60 Å². The molecule has 1 aliphatic carbocycles. The Kier molecular flexibility index (Phi) is 8.55. The van der Waals surface area contributed by atoms with Crippen LogP contribution in [-0.2, 0) is 16.1 Å². The molecule has 2 aromatic rings. The summed E-state index contributed by atoms with van der Waals surface area (Å²) in [6.45, 7) is 6.43. The maximum Gasteiger partial charge on any atom is 0.320 e. The summed E-state index contributed by atoms with van der Waals surface area (Å²) < 4.78 is 5.34. The van der Waals surface area contributed by atoms with Gasteiger partial charge >= 0.3 is 5.97 Å². The van der Waals surface area contributed by atoms with Gasteiger partial charge in [0.05, 0.1) is 6.54 Å². The second-order valence-electron chi connectivity index (χ2n) is 9.86. The summed E-state index contributed by atoms with van der Waals surface area (Å²) in [6, 6.07) is 15.9. The average molecular weight is 471 g/mol. The van der Waals surface area contributed by atoms with Crippen LogP contribution in [0.3, 0.4) is 0 Å². The van der Waals surface area contributed by atoms with Gasteiger partial charge in [-0.15, -0.1) is 0 Å². The first-order chi connectivity index (χ1) is 15.6. The molecule has 1 N–H and O–H groups in total. The van der Waals surface area contributed by atoms with Crippen LogP contribution in [0.2, 0.25) is 5.02 Å². The lowest BCUT2D eigenvalue weighted by molar-refractivity contribution is -0.153. The van der Waals surface area contributed by atoms with E-state index in [1.165, 1.54) is 5.56 Å². The minimum absolute atomic E-state index is 0.0492. The second-order valence-corrected chi connectivity index (χ2v) is 10.3. The number of esters is 1. The average Bonchev–Trinajstić information content (AvgIpc) is 2.78. The molecule has 0 saturated heterocycles. The first-order valence-corrected chi connectivity index (χ1v) is 12.0. The van der Waals surface area contributed by atoms with Gasteiger partial charge in [0, 0.05) is 30.2 Å². The molecule has 2 aromatic carbocycles. The fourth-order valence-corrected chi connectivity index (χ4v) is 4.53. The monoisotopic (exact) mass is 470 g/mol. The highest BCUT2D eigenvalue weighted by atomic mass is 35.5. The lowest BCUT2D eigenvalue weighted by atomic mass is 9.81. The maximum absolute atomic E-state index is 12.8. The van der Waals surface area contributed by atoms with E-state index in [0.29, 0.717) is 23.0 Å². The van der Waals surface area contributed by atoms with Crippen LogP contribution >= 0.6 is 11.6 Å². The highest BCUT2D eigenvalue weighted by Gasteiger charge is 2.28. The maximum atomic E-state index is 12.8. The number of amides is 1. The van der Waals surface area contributed by atoms with E-state index in [1.54, 1.807) is 24.3 Å². The molecule has 0 bridgehead atoms. The van der Waals surface area contributed by atoms with Crippen LogP contribution in [0.5, 0.6) is 0 Å². The van der Waals surface area contributed by atoms with Crippen LogP contribution in [0.4, 0.5) is 0 Å². The van der Waals surface area contributed by atoms with E-state index in [9.17, 15) is 9.59 Å². The van der Waals surface area contributed by atoms with Crippen LogP contribution in [0.25, 0.3) is 0 Å². The fraction of sp³-hybridized carbons (Fsp3) is 0.481. The zero-order valence-electron chi connectivity index (χ0n) is 20.1. The number of hydrogen-bond acceptors (Lipinski definition) is 4. The summed E-state index contributed by atoms with van der Waals surface area (Å²) in [4.78, 5) is 26.6. The van der Waals surface area contributed by atoms with Crippen molar-refractivity contribution in [2.75, 3.05) is 13.6 Å². The molecule has 1 aliphatic rings. The normalized spacial score (nSPS) is 18.6. The van der Waals surface area contributed by atoms with Crippen molar-refractivity contribution in [3.05, 3.63) is 70.2 Å². The minimum Gasteiger partial charge on any atom is -0.459 e. The Hall–Kier alpha value is -2.37. The van der Waals surface area contributed by atoms with E-state index >= 15 is 0 Å². The third-order valence-electron chi connectivity index (χ3n) is 6.10. The van der Waals surface area contributed by atoms with Gasteiger partial charge in [0.25, 0.3) is 5.91 Å². The predicted molar refractivity (Wildman–Crippen MR) is 133 cm³/mol. The second kappa shape index (κ2) is 11.2. The highest BCUT2D eigenvalue weighted by molar-refractivity contribution is 6.30. The number of nitrogens with zero attached hydrogens (tertiary/aromatic N) is 1. The van der Waals surface area contributed by atoms with E-state index < -0.39 is 5.60 Å². The molecule has 0 aliphatic heterocycles. The molecule has 33 heavy (non-hydrogen) atoms. The van der Waals surface area contributed by atoms with Crippen LogP contribution in [0, 0.1) is 0 Å². The summed E-state index contributed by atoms with van der Waals surface area (Å²) >= 11 is 5.95. The molecule has 0 atom stereocenters. The summed E-state index contributed by atoms with van der Waals surface area (Å²) in [5.74, 6) is 0.300. The Labute approximate surface area is 202 Å². The summed E-state index contributed by atoms with van der Waals surface area (Å²) in [6.07, 6.45) is 4.08. The van der Waals surface area contributed by atoms with E-state index in [-0.39, 0.29) is 24.5 Å². The van der Waals surface area contributed by atoms with Gasteiger partial charge in [-0.25, -0.2) is 0 Å². The van der Waals surface area contributed by atoms with Gasteiger partial charge in [-0.1, -0.05) is 35.9 Å². The first kappa shape index (κ1) is 25.3. The summed E-state index contributed by atoms with van der Waals surface area (Å²) in [7, 11) is 1.90. The third-order valence-corrected chi connectivity index (χ3v) is 6.35. The van der Waals surface area contributed by atoms with Gasteiger partial charge in [-0.3, -0.25) is 9.59 Å². The quantitative estimate of drug-likeness (QED) is 0.537. The third kappa shape index (κ3) is 7.58. The van der Waals surface area contributed by atoms with Crippen molar-refractivity contribution in [2.45, 2.75) is 70.6 Å². The molecule has 0 heterocycles. The fourth-order valence-electron chi connectivity index (χ4n) is 4.40. The highest BCUT2D eigenvalue weighted by Crippen LogP contribution is 2.35. The lowest BCUT2D eigenvalue weighted by Crippen LogP contribution is -2.39. The summed E-state index contributed by atoms with van der Waals surface area (Å²) in [5, 5.41) is 3.82. The summed E-state index contributed by atoms with van der Waals surface area (Å²) in [5.41, 5.74) is 2.70. The first-order valence-electron chi connectivity index (χ1n) is 11.7. The van der Waals surface area contributed by atoms with Gasteiger partial charge in [0.2, 0.25) is 0 Å². The molecule has 1 saturated carbocycles. The molecule has 0 aromatic heterocycles. The van der Waals surface area contributed by atoms with E-state index in [1.807, 2.05) is 32.7 Å². The number of hydrogen-bond donors (Lipinski definition) is 1. The van der Waals surface area contributed by atoms with Crippen molar-refractivity contribution in [3.8, 4) is 0 Å². The molecule has 0 unspecified atom stereocenters. The number of carbonyl (C=O) groups is 2. The molecule has 3 rings (SSSR count). The molecule has 1 fully saturated rings. The Morgan fingerprint density at radius 3 is 2.36 bits per heavy atom. The van der Waals surface area contributed by atoms with Crippen LogP contribution in [-0.4, -0.2) is 42.0 Å². The number of nitrogens with one attached hydrogen (secondary N) is 1. The number of ether oxygens (including phenoxy) is 1. The largest absolute Gasteiger partial charge is 0.459 e. The number of benzene rings is 2. The predicted octanol–water partition coefficient (Wildman–Crippen LogP) is 5.57. The van der Waals surface area contributed by atoms with Gasteiger partial charge in [-0.2, -0.15) is 0 Å². The van der Waals surface area contributed by atoms with Crippen molar-refractivity contribution in [1.82, 2.24) is 10.2 Å². The molecule has 0 spiro atoms. The van der Waals surface area contributed by atoms with Crippen molar-refractivity contribution >= 4 is 23.5 Å². The van der Waals surface area contributed by atoms with Crippen molar-refractivity contribution in [2.24, 2.45) is 0 Å². The lowest BCUT2D eigenvalue weighted by Gasteiger charge is -2.35. The van der Waals surface area contributed by atoms with Crippen molar-refractivity contribution in [1.29, 1.82) is 0 Å². The Balaban J connectivity index is 1.50. The molecule has 5 nitrogen and oxygen atoms in total. The van der Waals surface area contributed by atoms with Crippen LogP contribution in [0.15, 0.2) is 48.5 Å². The van der Waals surface area contributed by atoms with Crippen LogP contribution in [0.1, 0.15) is 73.9 Å². The smallest absolute Gasteiger partial charge is 0.320 e. The van der Waals surface area contributed by atoms with Gasteiger partial charge < -0.3 is 15.0 Å². The van der Waals surface area contributed by atoms with Crippen molar-refractivity contribution in [3.63, 3.8) is 0 Å². The molecule has 0 radical (unpaired) electrons. The standard InChI is InChI=1S/C27H35ClN2O3/c1-27(2,3)33-25(31)18-29-17-19-6-5-7-22(16-19)20-10-14-24(15-11-20)30(4)26(32)21-8-12-23(28)13-9-21/h5-9,12-13,16,20,24,29H,10-11,14-15,17-18H2,1-4H3/t20-,24-. The molecule has 178 valence electrons. The number of halogens is 1. The Bertz CT molecular complexity index is 945. The van der Waals surface area contributed by atoms with E-state index in [4.69, 9.17) is 16.3 Å². The van der Waals surface area contributed by atoms with Crippen LogP contribution < -0.4 is 5.32 Å². The topological polar surface area (TPSA) is 58.6 Å². The van der Waals surface area contributed by atoms with Gasteiger partial charge in [0.15, 0.2) is 0 Å². The van der Waals surface area contributed by atoms with Gasteiger partial charge in [-0.05, 0) is 87.8 Å². The molecular weight excluding hydrogens is 436 g/mol. The molecule has 1 amide bonds. The molecule has 6 heteroatoms. The van der Waals surface area contributed by atoms with E-state index in [0.717, 1.165) is 31.2 Å². The van der Waals surface area contributed by atoms with E-state index in [2.05, 4.69) is 29.6 Å². The number of carbonyl (C=O) groups excluding carboxylic acids is 2. The molecular formula is C27H35ClN2O3. The SMILES string of the molecule is CN(C(=O)c1ccc(Cl)cc1)[C@H]1CC[C@H](c2cccc(CNCC(=O)OC(C)(C)C)c2)CC1.